The zero-order valence-corrected chi connectivity index (χ0v) is 13.2. The summed E-state index contributed by atoms with van der Waals surface area (Å²) in [5, 5.41) is 9.26. The number of nitrogens with zero attached hydrogens (tertiary/aromatic N) is 1. The van der Waals surface area contributed by atoms with Crippen molar-refractivity contribution in [1.29, 1.82) is 0 Å². The zero-order valence-electron chi connectivity index (χ0n) is 12.4. The van der Waals surface area contributed by atoms with Gasteiger partial charge in [-0.1, -0.05) is 25.1 Å². The smallest absolute Gasteiger partial charge is 0.326 e. The number of rotatable bonds is 7. The number of hydrogen-bond donors (Lipinski definition) is 2. The lowest BCUT2D eigenvalue weighted by Crippen LogP contribution is -2.49. The number of hydrogen-bond acceptors (Lipinski definition) is 5. The number of carboxylic acids is 1. The molecule has 8 nitrogen and oxygen atoms in total. The van der Waals surface area contributed by atoms with Crippen LogP contribution in [0.4, 0.5) is 0 Å². The molecule has 23 heavy (non-hydrogen) atoms. The molecule has 0 bridgehead atoms. The molecule has 0 unspecified atom stereocenters. The van der Waals surface area contributed by atoms with Crippen LogP contribution in [0.1, 0.15) is 30.1 Å². The third-order valence-electron chi connectivity index (χ3n) is 3.06. The highest BCUT2D eigenvalue weighted by molar-refractivity contribution is 7.85. The lowest BCUT2D eigenvalue weighted by atomic mass is 10.1. The van der Waals surface area contributed by atoms with E-state index in [9.17, 15) is 27.9 Å². The van der Waals surface area contributed by atoms with E-state index in [1.54, 1.807) is 18.2 Å². The van der Waals surface area contributed by atoms with Crippen LogP contribution in [0, 0.1) is 0 Å². The average Bonchev–Trinajstić information content (AvgIpc) is 2.49. The van der Waals surface area contributed by atoms with Gasteiger partial charge in [0.05, 0.1) is 5.75 Å². The van der Waals surface area contributed by atoms with Gasteiger partial charge in [0.25, 0.3) is 16.0 Å². The van der Waals surface area contributed by atoms with Crippen LogP contribution in [0.15, 0.2) is 30.3 Å². The molecule has 0 aliphatic carbocycles. The van der Waals surface area contributed by atoms with Crippen LogP contribution in [-0.2, 0) is 19.7 Å². The van der Waals surface area contributed by atoms with E-state index in [0.29, 0.717) is 4.90 Å². The van der Waals surface area contributed by atoms with Crippen molar-refractivity contribution in [2.45, 2.75) is 25.8 Å². The molecular formula is C14H17NO7S. The van der Waals surface area contributed by atoms with Gasteiger partial charge in [0.15, 0.2) is 0 Å². The summed E-state index contributed by atoms with van der Waals surface area (Å²) in [6.45, 7) is 1.45. The van der Waals surface area contributed by atoms with Crippen molar-refractivity contribution < 1.29 is 32.5 Å². The lowest BCUT2D eigenvalue weighted by Gasteiger charge is -2.26. The summed E-state index contributed by atoms with van der Waals surface area (Å²) in [5.74, 6) is -3.99. The zero-order chi connectivity index (χ0) is 17.6. The molecule has 2 amide bonds. The Hall–Kier alpha value is -2.26. The number of carbonyl (C=O) groups is 3. The van der Waals surface area contributed by atoms with Crippen LogP contribution in [-0.4, -0.2) is 52.6 Å². The molecule has 1 aromatic rings. The quantitative estimate of drug-likeness (QED) is 0.700. The van der Waals surface area contributed by atoms with Crippen molar-refractivity contribution >= 4 is 27.9 Å². The minimum atomic E-state index is -4.42. The van der Waals surface area contributed by atoms with Gasteiger partial charge < -0.3 is 5.11 Å². The predicted molar refractivity (Wildman–Crippen MR) is 80.4 cm³/mol. The molecule has 1 atom stereocenters. The van der Waals surface area contributed by atoms with Gasteiger partial charge in [-0.2, -0.15) is 8.42 Å². The standard InChI is InChI=1S/C14H17NO7S/c1-2-12(16)15(13(17)10-6-4-3-5-7-10)11(14(18)19)8-9-23(20,21)22/h3-7,11H,2,8-9H2,1H3,(H,18,19)(H,20,21,22)/t11-/m0/s1. The molecule has 0 fully saturated rings. The first-order chi connectivity index (χ1) is 10.7. The highest BCUT2D eigenvalue weighted by Crippen LogP contribution is 2.14. The second-order valence-corrected chi connectivity index (χ2v) is 6.29. The van der Waals surface area contributed by atoms with Gasteiger partial charge in [0.1, 0.15) is 6.04 Å². The first-order valence-corrected chi connectivity index (χ1v) is 8.37. The Morgan fingerprint density at radius 2 is 1.74 bits per heavy atom. The largest absolute Gasteiger partial charge is 0.480 e. The molecular weight excluding hydrogens is 326 g/mol. The molecule has 9 heteroatoms. The summed E-state index contributed by atoms with van der Waals surface area (Å²) >= 11 is 0. The molecule has 0 saturated carbocycles. The fraction of sp³-hybridized carbons (Fsp3) is 0.357. The van der Waals surface area contributed by atoms with Gasteiger partial charge in [0, 0.05) is 12.0 Å². The Morgan fingerprint density at radius 3 is 2.17 bits per heavy atom. The molecule has 0 saturated heterocycles. The number of imide groups is 1. The topological polar surface area (TPSA) is 129 Å². The van der Waals surface area contributed by atoms with Gasteiger partial charge in [-0.3, -0.25) is 19.0 Å². The molecule has 1 aromatic carbocycles. The summed E-state index contributed by atoms with van der Waals surface area (Å²) in [5.41, 5.74) is 0.104. The van der Waals surface area contributed by atoms with E-state index >= 15 is 0 Å². The van der Waals surface area contributed by atoms with Crippen molar-refractivity contribution in [3.63, 3.8) is 0 Å². The second-order valence-electron chi connectivity index (χ2n) is 4.72. The second kappa shape index (κ2) is 7.84. The van der Waals surface area contributed by atoms with Crippen molar-refractivity contribution in [1.82, 2.24) is 4.90 Å². The van der Waals surface area contributed by atoms with E-state index in [1.807, 2.05) is 0 Å². The summed E-state index contributed by atoms with van der Waals surface area (Å²) in [7, 11) is -4.42. The fourth-order valence-electron chi connectivity index (χ4n) is 1.94. The predicted octanol–water partition coefficient (Wildman–Crippen LogP) is 0.797. The first-order valence-electron chi connectivity index (χ1n) is 6.76. The highest BCUT2D eigenvalue weighted by Gasteiger charge is 2.35. The number of aliphatic carboxylic acids is 1. The molecule has 1 rings (SSSR count). The number of benzene rings is 1. The Kier molecular flexibility index (Phi) is 6.40. The average molecular weight is 343 g/mol. The van der Waals surface area contributed by atoms with Crippen molar-refractivity contribution in [3.8, 4) is 0 Å². The Bertz CT molecular complexity index is 684. The van der Waals surface area contributed by atoms with Crippen molar-refractivity contribution in [2.24, 2.45) is 0 Å². The maximum absolute atomic E-state index is 12.4. The van der Waals surface area contributed by atoms with Crippen LogP contribution in [0.5, 0.6) is 0 Å². The first kappa shape index (κ1) is 18.8. The molecule has 0 aromatic heterocycles. The summed E-state index contributed by atoms with van der Waals surface area (Å²) in [4.78, 5) is 36.4. The van der Waals surface area contributed by atoms with Gasteiger partial charge in [0.2, 0.25) is 5.91 Å². The summed E-state index contributed by atoms with van der Waals surface area (Å²) in [6.07, 6.45) is -0.729. The SMILES string of the molecule is CCC(=O)N(C(=O)c1ccccc1)[C@@H](CCS(=O)(=O)O)C(=O)O. The van der Waals surface area contributed by atoms with Gasteiger partial charge in [-0.15, -0.1) is 0 Å². The third kappa shape index (κ3) is 5.46. The minimum absolute atomic E-state index is 0.104. The summed E-state index contributed by atoms with van der Waals surface area (Å²) < 4.78 is 30.4. The normalized spacial score (nSPS) is 12.4. The molecule has 0 heterocycles. The molecule has 126 valence electrons. The molecule has 0 spiro atoms. The minimum Gasteiger partial charge on any atom is -0.480 e. The van der Waals surface area contributed by atoms with Crippen molar-refractivity contribution in [3.05, 3.63) is 35.9 Å². The van der Waals surface area contributed by atoms with E-state index in [2.05, 4.69) is 0 Å². The molecule has 0 aliphatic rings. The van der Waals surface area contributed by atoms with Crippen LogP contribution in [0.2, 0.25) is 0 Å². The Labute approximate surface area is 133 Å². The monoisotopic (exact) mass is 343 g/mol. The maximum atomic E-state index is 12.4. The molecule has 0 aliphatic heterocycles. The molecule has 2 N–H and O–H groups in total. The fourth-order valence-corrected chi connectivity index (χ4v) is 2.46. The maximum Gasteiger partial charge on any atom is 0.326 e. The number of carbonyl (C=O) groups excluding carboxylic acids is 2. The number of carboxylic acid groups (broad SMARTS) is 1. The van der Waals surface area contributed by atoms with Gasteiger partial charge >= 0.3 is 5.97 Å². The summed E-state index contributed by atoms with van der Waals surface area (Å²) in [6, 6.07) is 5.90. The van der Waals surface area contributed by atoms with Crippen LogP contribution in [0.3, 0.4) is 0 Å². The van der Waals surface area contributed by atoms with Crippen LogP contribution < -0.4 is 0 Å². The lowest BCUT2D eigenvalue weighted by molar-refractivity contribution is -0.147. The molecule has 0 radical (unpaired) electrons. The van der Waals surface area contributed by atoms with Crippen molar-refractivity contribution in [2.75, 3.05) is 5.75 Å². The van der Waals surface area contributed by atoms with E-state index in [0.717, 1.165) is 0 Å². The van der Waals surface area contributed by atoms with Crippen LogP contribution in [0.25, 0.3) is 0 Å². The van der Waals surface area contributed by atoms with Crippen LogP contribution >= 0.6 is 0 Å². The third-order valence-corrected chi connectivity index (χ3v) is 3.81. The van der Waals surface area contributed by atoms with E-state index in [1.165, 1.54) is 19.1 Å². The van der Waals surface area contributed by atoms with Gasteiger partial charge in [-0.25, -0.2) is 4.79 Å². The van der Waals surface area contributed by atoms with E-state index in [-0.39, 0.29) is 12.0 Å². The highest BCUT2D eigenvalue weighted by atomic mass is 32.2. The van der Waals surface area contributed by atoms with Gasteiger partial charge in [-0.05, 0) is 18.6 Å². The number of amides is 2. The van der Waals surface area contributed by atoms with E-state index in [4.69, 9.17) is 4.55 Å². The Morgan fingerprint density at radius 1 is 1.17 bits per heavy atom. The van der Waals surface area contributed by atoms with E-state index < -0.39 is 46.1 Å². The Balaban J connectivity index is 3.18.